The molecule has 2 aliphatic heterocycles. The number of pyridine rings is 1. The van der Waals surface area contributed by atoms with Crippen LogP contribution in [0.3, 0.4) is 0 Å². The van der Waals surface area contributed by atoms with Crippen molar-refractivity contribution in [3.8, 4) is 90.8 Å². The molecule has 0 radical (unpaired) electrons. The number of fused-ring (bicyclic) bond motifs is 7. The van der Waals surface area contributed by atoms with E-state index in [1.54, 1.807) is 0 Å². The number of rotatable bonds is 8. The standard InChI is InChI=1S/C74H61BN4O3.Pt/c1-72(2,3)51-27-31-60-64(42-51)81-66-40-50(41-67-69(66)75(60)61-32-28-52(73(4,5)6)43-65(61)82-67)48-26-33-62-59(39-48)58-30-29-55(45-63(58)79(62)68-44-53(34-35-76-68)74(7,8)9)80-54-23-16-22-49(38-54)71-77-36-37-78(71)70-56(46-18-12-10-13-19-46)24-17-25-57(70)47-20-14-11-15-21-47;/h10-37,39-44H,1-9H3;/q-2;+2. The summed E-state index contributed by atoms with van der Waals surface area (Å²) in [5.41, 5.74) is 16.9. The van der Waals surface area contributed by atoms with Crippen LogP contribution in [-0.2, 0) is 37.3 Å². The summed E-state index contributed by atoms with van der Waals surface area (Å²) >= 11 is 0. The zero-order valence-corrected chi connectivity index (χ0v) is 50.3. The van der Waals surface area contributed by atoms with Crippen molar-refractivity contribution >= 4 is 44.9 Å². The summed E-state index contributed by atoms with van der Waals surface area (Å²) in [5, 5.41) is 2.06. The monoisotopic (exact) mass is 1260 g/mol. The van der Waals surface area contributed by atoms with Gasteiger partial charge in [0.2, 0.25) is 0 Å². The van der Waals surface area contributed by atoms with Gasteiger partial charge in [0.05, 0.1) is 11.5 Å². The minimum atomic E-state index is -0.108. The van der Waals surface area contributed by atoms with E-state index in [2.05, 4.69) is 235 Å². The molecule has 3 aromatic heterocycles. The first-order valence-corrected chi connectivity index (χ1v) is 28.3. The molecular weight excluding hydrogens is 1200 g/mol. The smallest absolute Gasteiger partial charge is 0.503 e. The van der Waals surface area contributed by atoms with Crippen LogP contribution in [0.2, 0.25) is 0 Å². The Labute approximate surface area is 501 Å². The molecule has 12 aromatic rings. The first-order valence-electron chi connectivity index (χ1n) is 28.3. The Morgan fingerprint density at radius 2 is 1.06 bits per heavy atom. The molecule has 0 atom stereocenters. The van der Waals surface area contributed by atoms with Gasteiger partial charge in [0, 0.05) is 52.2 Å². The van der Waals surface area contributed by atoms with Gasteiger partial charge in [-0.25, -0.2) is 4.98 Å². The van der Waals surface area contributed by atoms with Gasteiger partial charge in [-0.15, -0.1) is 41.3 Å². The average Bonchev–Trinajstić information content (AvgIpc) is 3.14. The molecule has 0 saturated carbocycles. The minimum Gasteiger partial charge on any atom is -0.503 e. The van der Waals surface area contributed by atoms with E-state index in [0.717, 1.165) is 117 Å². The van der Waals surface area contributed by atoms with Crippen molar-refractivity contribution in [1.29, 1.82) is 0 Å². The predicted molar refractivity (Wildman–Crippen MR) is 335 cm³/mol. The molecule has 2 aliphatic rings. The third kappa shape index (κ3) is 9.57. The van der Waals surface area contributed by atoms with Gasteiger partial charge in [-0.3, -0.25) is 4.98 Å². The van der Waals surface area contributed by atoms with Crippen LogP contribution in [0, 0.1) is 12.1 Å². The number of ether oxygens (including phenoxy) is 3. The van der Waals surface area contributed by atoms with E-state index in [4.69, 9.17) is 24.2 Å². The van der Waals surface area contributed by atoms with E-state index in [0.29, 0.717) is 11.5 Å². The Balaban J connectivity index is 0.00000645. The molecule has 0 spiro atoms. The van der Waals surface area contributed by atoms with E-state index < -0.39 is 0 Å². The number of hydrogen-bond donors (Lipinski definition) is 0. The fourth-order valence-electron chi connectivity index (χ4n) is 11.9. The van der Waals surface area contributed by atoms with E-state index in [9.17, 15) is 0 Å². The normalized spacial score (nSPS) is 12.7. The van der Waals surface area contributed by atoms with Gasteiger partial charge in [0.1, 0.15) is 28.8 Å². The number of nitrogens with zero attached hydrogens (tertiary/aromatic N) is 4. The topological polar surface area (TPSA) is 63.3 Å². The Bertz CT molecular complexity index is 4360. The molecule has 0 bridgehead atoms. The van der Waals surface area contributed by atoms with Crippen LogP contribution < -0.4 is 30.6 Å². The quantitative estimate of drug-likeness (QED) is 0.112. The van der Waals surface area contributed by atoms with Crippen LogP contribution in [0.4, 0.5) is 0 Å². The van der Waals surface area contributed by atoms with E-state index >= 15 is 0 Å². The third-order valence-electron chi connectivity index (χ3n) is 16.4. The van der Waals surface area contributed by atoms with Crippen molar-refractivity contribution in [1.82, 2.24) is 19.1 Å². The molecule has 0 fully saturated rings. The van der Waals surface area contributed by atoms with Gasteiger partial charge in [0.15, 0.2) is 0 Å². The maximum Gasteiger partial charge on any atom is 2.00 e. The van der Waals surface area contributed by atoms with E-state index in [1.807, 2.05) is 55.0 Å². The van der Waals surface area contributed by atoms with Crippen LogP contribution in [-0.4, -0.2) is 25.8 Å². The van der Waals surface area contributed by atoms with Crippen molar-refractivity contribution in [3.63, 3.8) is 0 Å². The summed E-state index contributed by atoms with van der Waals surface area (Å²) < 4.78 is 25.2. The SMILES string of the molecule is CC(C)(C)c1ccnc(-n2c3[c-]c(Oc4[c-]c(-c5nccn5-c5c(-c6ccccc6)cccc5-c5ccccc5)ccc4)ccc3c3cc(-c4cc5c6c(c4)Oc4cc(C(C)(C)C)ccc4B6c4ccc(C(C)(C)C)cc4O5)ccc32)c1.[Pt+2]. The summed E-state index contributed by atoms with van der Waals surface area (Å²) in [7, 11) is 0. The molecule has 0 unspecified atom stereocenters. The largest absolute Gasteiger partial charge is 2.00 e. The molecule has 9 aromatic carbocycles. The second-order valence-corrected chi connectivity index (χ2v) is 24.9. The van der Waals surface area contributed by atoms with Crippen molar-refractivity contribution in [2.24, 2.45) is 0 Å². The van der Waals surface area contributed by atoms with Crippen LogP contribution in [0.15, 0.2) is 207 Å². The Morgan fingerprint density at radius 3 is 1.67 bits per heavy atom. The Hall–Kier alpha value is -8.71. The van der Waals surface area contributed by atoms with Crippen LogP contribution in [0.25, 0.3) is 78.1 Å². The fraction of sp³-hybridized carbons (Fsp3) is 0.162. The second-order valence-electron chi connectivity index (χ2n) is 24.9. The van der Waals surface area contributed by atoms with Crippen LogP contribution in [0.1, 0.15) is 79.0 Å². The van der Waals surface area contributed by atoms with Gasteiger partial charge >= 0.3 is 21.1 Å². The summed E-state index contributed by atoms with van der Waals surface area (Å²) in [5.74, 6) is 6.01. The Kier molecular flexibility index (Phi) is 13.1. The number of para-hydroxylation sites is 1. The van der Waals surface area contributed by atoms with Gasteiger partial charge < -0.3 is 23.3 Å². The van der Waals surface area contributed by atoms with E-state index in [-0.39, 0.29) is 44.0 Å². The predicted octanol–water partition coefficient (Wildman–Crippen LogP) is 17.0. The maximum atomic E-state index is 7.01. The van der Waals surface area contributed by atoms with Gasteiger partial charge in [-0.2, -0.15) is 6.07 Å². The summed E-state index contributed by atoms with van der Waals surface area (Å²) in [4.78, 5) is 10.00. The molecule has 0 N–H and O–H groups in total. The van der Waals surface area contributed by atoms with Crippen molar-refractivity contribution in [3.05, 3.63) is 235 Å². The van der Waals surface area contributed by atoms with Gasteiger partial charge in [-0.05, 0) is 114 Å². The van der Waals surface area contributed by atoms with Gasteiger partial charge in [-0.1, -0.05) is 189 Å². The van der Waals surface area contributed by atoms with Crippen molar-refractivity contribution < 1.29 is 35.3 Å². The number of imidazole rings is 1. The molecule has 0 aliphatic carbocycles. The zero-order valence-electron chi connectivity index (χ0n) is 48.0. The Morgan fingerprint density at radius 1 is 0.470 bits per heavy atom. The molecule has 14 rings (SSSR count). The van der Waals surface area contributed by atoms with Crippen LogP contribution >= 0.6 is 0 Å². The molecule has 5 heterocycles. The third-order valence-corrected chi connectivity index (χ3v) is 16.4. The van der Waals surface area contributed by atoms with Crippen molar-refractivity contribution in [2.75, 3.05) is 0 Å². The minimum absolute atomic E-state index is 0. The molecule has 7 nitrogen and oxygen atoms in total. The van der Waals surface area contributed by atoms with Crippen LogP contribution in [0.5, 0.6) is 34.5 Å². The molecule has 0 amide bonds. The molecule has 83 heavy (non-hydrogen) atoms. The number of benzene rings is 9. The van der Waals surface area contributed by atoms with E-state index in [1.165, 1.54) is 16.7 Å². The maximum absolute atomic E-state index is 7.01. The summed E-state index contributed by atoms with van der Waals surface area (Å²) in [6, 6.07) is 73.8. The molecular formula is C74H61BN4O3Pt. The summed E-state index contributed by atoms with van der Waals surface area (Å²) in [6.07, 6.45) is 5.79. The molecule has 408 valence electrons. The summed E-state index contributed by atoms with van der Waals surface area (Å²) in [6.45, 7) is 20.1. The molecule has 0 saturated heterocycles. The average molecular weight is 1260 g/mol. The van der Waals surface area contributed by atoms with Gasteiger partial charge in [0.25, 0.3) is 6.71 Å². The first-order chi connectivity index (χ1) is 39.5. The number of aromatic nitrogens is 4. The molecule has 9 heteroatoms. The first kappa shape index (κ1) is 53.6. The fourth-order valence-corrected chi connectivity index (χ4v) is 11.9. The van der Waals surface area contributed by atoms with Crippen molar-refractivity contribution in [2.45, 2.75) is 78.6 Å². The second kappa shape index (κ2) is 20.3. The number of hydrogen-bond acceptors (Lipinski definition) is 5. The zero-order chi connectivity index (χ0) is 56.2.